The van der Waals surface area contributed by atoms with Gasteiger partial charge in [0.15, 0.2) is 5.15 Å². The molecule has 40 heavy (non-hydrogen) atoms. The molecule has 0 aliphatic carbocycles. The molecule has 0 fully saturated rings. The Kier molecular flexibility index (Phi) is 8.34. The predicted molar refractivity (Wildman–Crippen MR) is 139 cm³/mol. The lowest BCUT2D eigenvalue weighted by Gasteiger charge is -2.43. The molecule has 0 spiro atoms. The van der Waals surface area contributed by atoms with Crippen LogP contribution in [0.15, 0.2) is 29.3 Å². The van der Waals surface area contributed by atoms with Crippen LogP contribution in [0, 0.1) is 0 Å². The number of amides is 2. The first-order valence-electron chi connectivity index (χ1n) is 12.1. The number of alkyl halides is 3. The number of ether oxygens (including phenoxy) is 1. The number of aromatic nitrogens is 2. The third-order valence-electron chi connectivity index (χ3n) is 6.40. The molecule has 2 amide bonds. The van der Waals surface area contributed by atoms with E-state index in [1.165, 1.54) is 23.9 Å². The highest BCUT2D eigenvalue weighted by molar-refractivity contribution is 7.93. The van der Waals surface area contributed by atoms with Crippen molar-refractivity contribution in [3.63, 3.8) is 0 Å². The molecule has 222 valence electrons. The van der Waals surface area contributed by atoms with E-state index in [0.717, 1.165) is 16.4 Å². The highest BCUT2D eigenvalue weighted by Gasteiger charge is 2.52. The fourth-order valence-electron chi connectivity index (χ4n) is 4.49. The van der Waals surface area contributed by atoms with Gasteiger partial charge in [-0.15, -0.1) is 0 Å². The van der Waals surface area contributed by atoms with Gasteiger partial charge in [0.2, 0.25) is 5.91 Å². The van der Waals surface area contributed by atoms with E-state index < -0.39 is 45.2 Å². The van der Waals surface area contributed by atoms with E-state index in [0.29, 0.717) is 20.4 Å². The number of nitrogens with zero attached hydrogens (tertiary/aromatic N) is 4. The minimum Gasteiger partial charge on any atom is -0.530 e. The van der Waals surface area contributed by atoms with Crippen LogP contribution in [0.4, 0.5) is 29.3 Å². The second-order valence-electron chi connectivity index (χ2n) is 10.5. The van der Waals surface area contributed by atoms with Crippen molar-refractivity contribution in [1.29, 1.82) is 0 Å². The maximum atomic E-state index is 13.9. The van der Waals surface area contributed by atoms with Gasteiger partial charge in [0.1, 0.15) is 28.4 Å². The van der Waals surface area contributed by atoms with Crippen molar-refractivity contribution in [2.45, 2.75) is 82.8 Å². The lowest BCUT2D eigenvalue weighted by molar-refractivity contribution is -0.254. The zero-order valence-corrected chi connectivity index (χ0v) is 24.2. The van der Waals surface area contributed by atoms with Crippen molar-refractivity contribution in [2.24, 2.45) is 0 Å². The van der Waals surface area contributed by atoms with Gasteiger partial charge in [-0.2, -0.15) is 18.3 Å². The van der Waals surface area contributed by atoms with Crippen LogP contribution in [-0.2, 0) is 21.4 Å². The Morgan fingerprint density at radius 2 is 1.88 bits per heavy atom. The summed E-state index contributed by atoms with van der Waals surface area (Å²) in [5.41, 5.74) is -4.44. The number of carbonyl (C=O) groups is 2. The molecule has 0 saturated carbocycles. The van der Waals surface area contributed by atoms with Gasteiger partial charge in [0.25, 0.3) is 10.0 Å². The van der Waals surface area contributed by atoms with E-state index >= 15 is 0 Å². The van der Waals surface area contributed by atoms with Crippen LogP contribution >= 0.6 is 11.6 Å². The quantitative estimate of drug-likeness (QED) is 0.485. The monoisotopic (exact) mass is 608 g/mol. The lowest BCUT2D eigenvalue weighted by atomic mass is 9.95. The van der Waals surface area contributed by atoms with Gasteiger partial charge in [-0.3, -0.25) is 13.8 Å². The number of rotatable bonds is 8. The molecule has 3 rings (SSSR count). The predicted octanol–water partition coefficient (Wildman–Crippen LogP) is 3.31. The number of sulfonamides is 1. The minimum absolute atomic E-state index is 0.00610. The standard InChI is InChI=1S/C24H31ClF3N5O6S/c1-7-31-13-19(20(25)30-31)40(37,38)32-12-16(11-22(3,4)29-14(2)34)39-18-9-8-15(10-17(18)32)33(21(35)36)23(5,6)24(26,27)28/h8-10,13,16H,7,11-12H2,1-6H3,(H,29,34)(H,35,36)/p-1/t16-/m0/s1. The first-order valence-corrected chi connectivity index (χ1v) is 14.0. The van der Waals surface area contributed by atoms with E-state index in [2.05, 4.69) is 10.4 Å². The van der Waals surface area contributed by atoms with Gasteiger partial charge in [-0.1, -0.05) is 11.6 Å². The molecule has 16 heteroatoms. The SMILES string of the molecule is CCn1cc(S(=O)(=O)N2C[C@H](CC(C)(C)NC(C)=O)Oc3ccc(N(C(=O)[O-])C(C)(C)C(F)(F)F)cc32)c(Cl)n1. The van der Waals surface area contributed by atoms with E-state index in [1.807, 2.05) is 0 Å². The molecule has 1 aliphatic heterocycles. The van der Waals surface area contributed by atoms with Crippen molar-refractivity contribution in [3.05, 3.63) is 29.5 Å². The molecule has 0 unspecified atom stereocenters. The molecular weight excluding hydrogens is 579 g/mol. The molecule has 1 aliphatic rings. The maximum Gasteiger partial charge on any atom is 0.411 e. The van der Waals surface area contributed by atoms with Gasteiger partial charge >= 0.3 is 6.18 Å². The number of hydrogen-bond donors (Lipinski definition) is 1. The summed E-state index contributed by atoms with van der Waals surface area (Å²) < 4.78 is 77.4. The fraction of sp³-hybridized carbons (Fsp3) is 0.542. The Balaban J connectivity index is 2.19. The Morgan fingerprint density at radius 3 is 2.38 bits per heavy atom. The summed E-state index contributed by atoms with van der Waals surface area (Å²) >= 11 is 6.15. The molecule has 2 heterocycles. The molecule has 0 bridgehead atoms. The van der Waals surface area contributed by atoms with Crippen molar-refractivity contribution in [1.82, 2.24) is 15.1 Å². The Bertz CT molecular complexity index is 1410. The summed E-state index contributed by atoms with van der Waals surface area (Å²) in [5.74, 6) is -0.354. The first kappa shape index (κ1) is 31.3. The van der Waals surface area contributed by atoms with Crippen molar-refractivity contribution in [2.75, 3.05) is 15.7 Å². The zero-order chi connectivity index (χ0) is 30.4. The number of fused-ring (bicyclic) bond motifs is 1. The number of aryl methyl sites for hydroxylation is 1. The average Bonchev–Trinajstić information content (AvgIpc) is 3.18. The van der Waals surface area contributed by atoms with Crippen molar-refractivity contribution < 1.29 is 41.0 Å². The van der Waals surface area contributed by atoms with Crippen LogP contribution in [0.5, 0.6) is 5.75 Å². The zero-order valence-electron chi connectivity index (χ0n) is 22.7. The van der Waals surface area contributed by atoms with Gasteiger partial charge in [-0.25, -0.2) is 8.42 Å². The second kappa shape index (κ2) is 10.7. The Labute approximate surface area is 234 Å². The number of carbonyl (C=O) groups excluding carboxylic acids is 2. The van der Waals surface area contributed by atoms with Gasteiger partial charge < -0.3 is 24.9 Å². The normalized spacial score (nSPS) is 16.2. The molecule has 1 aromatic carbocycles. The summed E-state index contributed by atoms with van der Waals surface area (Å²) in [6.07, 6.45) is -6.59. The Morgan fingerprint density at radius 1 is 1.25 bits per heavy atom. The molecule has 0 saturated heterocycles. The van der Waals surface area contributed by atoms with Crippen LogP contribution in [-0.4, -0.2) is 60.1 Å². The first-order chi connectivity index (χ1) is 18.2. The molecule has 1 aromatic heterocycles. The number of anilines is 2. The van der Waals surface area contributed by atoms with Crippen LogP contribution < -0.4 is 24.4 Å². The minimum atomic E-state index is -4.99. The molecule has 1 atom stereocenters. The van der Waals surface area contributed by atoms with Crippen LogP contribution in [0.1, 0.15) is 48.0 Å². The van der Waals surface area contributed by atoms with Gasteiger partial charge in [0, 0.05) is 37.3 Å². The van der Waals surface area contributed by atoms with Gasteiger partial charge in [0.05, 0.1) is 12.2 Å². The molecule has 11 nitrogen and oxygen atoms in total. The molecule has 2 aromatic rings. The largest absolute Gasteiger partial charge is 0.530 e. The topological polar surface area (TPSA) is 137 Å². The Hall–Kier alpha value is -3.20. The average molecular weight is 609 g/mol. The lowest BCUT2D eigenvalue weighted by Crippen LogP contribution is -2.60. The van der Waals surface area contributed by atoms with Crippen LogP contribution in [0.25, 0.3) is 0 Å². The smallest absolute Gasteiger partial charge is 0.411 e. The summed E-state index contributed by atoms with van der Waals surface area (Å²) in [6.45, 7) is 7.77. The van der Waals surface area contributed by atoms with Crippen LogP contribution in [0.2, 0.25) is 5.15 Å². The summed E-state index contributed by atoms with van der Waals surface area (Å²) in [5, 5.41) is 18.3. The van der Waals surface area contributed by atoms with Gasteiger partial charge in [-0.05, 0) is 52.8 Å². The molecular formula is C24H30ClF3N5O6S-. The fourth-order valence-corrected chi connectivity index (χ4v) is 6.44. The van der Waals surface area contributed by atoms with Crippen molar-refractivity contribution >= 4 is 45.0 Å². The van der Waals surface area contributed by atoms with Crippen molar-refractivity contribution in [3.8, 4) is 5.75 Å². The highest BCUT2D eigenvalue weighted by atomic mass is 35.5. The number of hydrogen-bond acceptors (Lipinski definition) is 7. The summed E-state index contributed by atoms with van der Waals surface area (Å²) in [6, 6.07) is 3.23. The van der Waals surface area contributed by atoms with E-state index in [-0.39, 0.29) is 45.3 Å². The number of halogens is 4. The van der Waals surface area contributed by atoms with E-state index in [9.17, 15) is 36.3 Å². The summed E-state index contributed by atoms with van der Waals surface area (Å²) in [4.78, 5) is 23.2. The summed E-state index contributed by atoms with van der Waals surface area (Å²) in [7, 11) is -4.49. The maximum absolute atomic E-state index is 13.9. The van der Waals surface area contributed by atoms with Crippen LogP contribution in [0.3, 0.4) is 0 Å². The highest BCUT2D eigenvalue weighted by Crippen LogP contribution is 2.44. The van der Waals surface area contributed by atoms with E-state index in [4.69, 9.17) is 16.3 Å². The second-order valence-corrected chi connectivity index (χ2v) is 12.7. The number of benzene rings is 1. The third kappa shape index (κ3) is 6.09. The number of nitrogens with one attached hydrogen (secondary N) is 1. The van der Waals surface area contributed by atoms with E-state index in [1.54, 1.807) is 20.8 Å². The molecule has 0 radical (unpaired) electrons. The third-order valence-corrected chi connectivity index (χ3v) is 8.57. The molecule has 1 N–H and O–H groups in total. The number of carboxylic acid groups (broad SMARTS) is 1.